The number of nitrogens with one attached hydrogen (secondary N) is 1. The predicted octanol–water partition coefficient (Wildman–Crippen LogP) is 6.29. The van der Waals surface area contributed by atoms with E-state index in [0.717, 1.165) is 18.4 Å². The maximum absolute atomic E-state index is 14.0. The summed E-state index contributed by atoms with van der Waals surface area (Å²) in [6.07, 6.45) is 19.1. The second-order valence-corrected chi connectivity index (χ2v) is 10.1. The van der Waals surface area contributed by atoms with E-state index < -0.39 is 11.9 Å². The van der Waals surface area contributed by atoms with Crippen LogP contribution < -0.4 is 10.2 Å². The van der Waals surface area contributed by atoms with Crippen LogP contribution in [0.4, 0.5) is 5.69 Å². The number of hydrogen-bond acceptors (Lipinski definition) is 5. The van der Waals surface area contributed by atoms with Gasteiger partial charge in [-0.25, -0.2) is 0 Å². The second-order valence-electron chi connectivity index (χ2n) is 10.1. The van der Waals surface area contributed by atoms with Gasteiger partial charge < -0.3 is 9.84 Å². The highest BCUT2D eigenvalue weighted by molar-refractivity contribution is 6.08. The van der Waals surface area contributed by atoms with Crippen molar-refractivity contribution in [2.24, 2.45) is 0 Å². The van der Waals surface area contributed by atoms with Gasteiger partial charge in [0.1, 0.15) is 6.04 Å². The van der Waals surface area contributed by atoms with E-state index in [4.69, 9.17) is 4.52 Å². The molecule has 0 radical (unpaired) electrons. The van der Waals surface area contributed by atoms with Crippen LogP contribution in [0, 0.1) is 0 Å². The summed E-state index contributed by atoms with van der Waals surface area (Å²) in [7, 11) is 0. The molecule has 2 aliphatic rings. The number of allylic oxidation sites excluding steroid dienone is 2. The summed E-state index contributed by atoms with van der Waals surface area (Å²) in [6.45, 7) is 1.96. The lowest BCUT2D eigenvalue weighted by molar-refractivity contribution is -0.122. The molecule has 3 aromatic rings. The average molecular weight is 511 g/mol. The molecule has 1 fully saturated rings. The number of amides is 2. The predicted molar refractivity (Wildman–Crippen MR) is 147 cm³/mol. The van der Waals surface area contributed by atoms with E-state index in [2.05, 4.69) is 45.8 Å². The quantitative estimate of drug-likeness (QED) is 0.385. The SMILES string of the molecule is C[C@H](NC(=O)C(c1cccnc1)N(C(=O)c1ccno1)c1ccc(C2CCCCC2)cc1)C1=CCCC=C1. The van der Waals surface area contributed by atoms with Crippen LogP contribution in [0.25, 0.3) is 0 Å². The minimum Gasteiger partial charge on any atom is -0.351 e. The molecule has 5 rings (SSSR count). The topological polar surface area (TPSA) is 88.3 Å². The van der Waals surface area contributed by atoms with Crippen molar-refractivity contribution in [2.75, 3.05) is 4.90 Å². The number of nitrogens with zero attached hydrogens (tertiary/aromatic N) is 3. The van der Waals surface area contributed by atoms with E-state index in [1.165, 1.54) is 54.8 Å². The number of pyridine rings is 1. The number of carbonyl (C=O) groups is 2. The first-order valence-electron chi connectivity index (χ1n) is 13.5. The number of rotatable bonds is 8. The highest BCUT2D eigenvalue weighted by atomic mass is 16.5. The van der Waals surface area contributed by atoms with Crippen molar-refractivity contribution in [2.45, 2.75) is 69.9 Å². The standard InChI is InChI=1S/C31H34N4O3/c1-22(23-9-4-2-5-10-23)34-30(36)29(26-13-8-19-32-21-26)35(31(37)28-18-20-33-38-28)27-16-14-25(15-17-27)24-11-6-3-7-12-24/h4,8-10,13-22,24,29H,2-3,5-7,11-12H2,1H3,(H,34,36)/t22-,29?/m0/s1. The maximum Gasteiger partial charge on any atom is 0.297 e. The number of carbonyl (C=O) groups excluding carboxylic acids is 2. The summed E-state index contributed by atoms with van der Waals surface area (Å²) in [6, 6.07) is 12.0. The lowest BCUT2D eigenvalue weighted by atomic mass is 9.84. The lowest BCUT2D eigenvalue weighted by Gasteiger charge is -2.32. The smallest absolute Gasteiger partial charge is 0.297 e. The Balaban J connectivity index is 1.52. The van der Waals surface area contributed by atoms with E-state index in [-0.39, 0.29) is 17.7 Å². The van der Waals surface area contributed by atoms with Crippen molar-refractivity contribution >= 4 is 17.5 Å². The van der Waals surface area contributed by atoms with Crippen molar-refractivity contribution in [1.29, 1.82) is 0 Å². The van der Waals surface area contributed by atoms with E-state index in [1.54, 1.807) is 18.5 Å². The number of anilines is 1. The number of benzene rings is 1. The van der Waals surface area contributed by atoms with Crippen LogP contribution in [0.1, 0.15) is 85.5 Å². The molecule has 2 aromatic heterocycles. The van der Waals surface area contributed by atoms with Crippen molar-refractivity contribution in [1.82, 2.24) is 15.5 Å². The highest BCUT2D eigenvalue weighted by Gasteiger charge is 2.36. The fourth-order valence-electron chi connectivity index (χ4n) is 5.46. The molecular weight excluding hydrogens is 476 g/mol. The first-order valence-corrected chi connectivity index (χ1v) is 13.5. The summed E-state index contributed by atoms with van der Waals surface area (Å²) in [5, 5.41) is 6.87. The molecule has 2 heterocycles. The van der Waals surface area contributed by atoms with E-state index in [9.17, 15) is 9.59 Å². The monoisotopic (exact) mass is 510 g/mol. The van der Waals surface area contributed by atoms with Crippen LogP contribution in [0.15, 0.2) is 89.4 Å². The highest BCUT2D eigenvalue weighted by Crippen LogP contribution is 2.35. The third-order valence-corrected chi connectivity index (χ3v) is 7.50. The summed E-state index contributed by atoms with van der Waals surface area (Å²) >= 11 is 0. The van der Waals surface area contributed by atoms with Gasteiger partial charge in [-0.3, -0.25) is 19.5 Å². The number of hydrogen-bond donors (Lipinski definition) is 1. The Bertz CT molecular complexity index is 1280. The molecular formula is C31H34N4O3. The maximum atomic E-state index is 14.0. The lowest BCUT2D eigenvalue weighted by Crippen LogP contribution is -2.46. The Labute approximate surface area is 223 Å². The molecule has 38 heavy (non-hydrogen) atoms. The number of aromatic nitrogens is 2. The van der Waals surface area contributed by atoms with Gasteiger partial charge in [0, 0.05) is 29.7 Å². The van der Waals surface area contributed by atoms with Gasteiger partial charge in [-0.15, -0.1) is 0 Å². The van der Waals surface area contributed by atoms with E-state index in [0.29, 0.717) is 17.2 Å². The first-order chi connectivity index (χ1) is 18.6. The summed E-state index contributed by atoms with van der Waals surface area (Å²) < 4.78 is 5.25. The Morgan fingerprint density at radius 1 is 1.03 bits per heavy atom. The third-order valence-electron chi connectivity index (χ3n) is 7.50. The fraction of sp³-hybridized carbons (Fsp3) is 0.355. The molecule has 2 amide bonds. The van der Waals surface area contributed by atoms with Gasteiger partial charge in [0.25, 0.3) is 5.91 Å². The van der Waals surface area contributed by atoms with Crippen molar-refractivity contribution in [3.05, 3.63) is 102 Å². The van der Waals surface area contributed by atoms with Crippen LogP contribution in [0.2, 0.25) is 0 Å². The van der Waals surface area contributed by atoms with Gasteiger partial charge in [-0.2, -0.15) is 0 Å². The molecule has 1 unspecified atom stereocenters. The molecule has 2 aliphatic carbocycles. The van der Waals surface area contributed by atoms with Gasteiger partial charge in [0.15, 0.2) is 0 Å². The summed E-state index contributed by atoms with van der Waals surface area (Å²) in [5.74, 6) is -0.142. The zero-order chi connectivity index (χ0) is 26.3. The molecule has 1 N–H and O–H groups in total. The first kappa shape index (κ1) is 25.6. The Morgan fingerprint density at radius 2 is 1.84 bits per heavy atom. The third kappa shape index (κ3) is 5.77. The van der Waals surface area contributed by atoms with Crippen LogP contribution in [0.5, 0.6) is 0 Å². The molecule has 0 spiro atoms. The Kier molecular flexibility index (Phi) is 8.12. The van der Waals surface area contributed by atoms with Crippen LogP contribution in [0.3, 0.4) is 0 Å². The second kappa shape index (κ2) is 12.0. The molecule has 0 aliphatic heterocycles. The average Bonchev–Trinajstić information content (AvgIpc) is 3.52. The van der Waals surface area contributed by atoms with Crippen molar-refractivity contribution in [3.8, 4) is 0 Å². The molecule has 7 heteroatoms. The van der Waals surface area contributed by atoms with Gasteiger partial charge >= 0.3 is 0 Å². The Hall–Kier alpha value is -4.00. The minimum absolute atomic E-state index is 0.0639. The van der Waals surface area contributed by atoms with Crippen molar-refractivity contribution < 1.29 is 14.1 Å². The van der Waals surface area contributed by atoms with Crippen LogP contribution in [-0.2, 0) is 4.79 Å². The minimum atomic E-state index is -0.961. The van der Waals surface area contributed by atoms with Gasteiger partial charge in [0.05, 0.1) is 12.2 Å². The Morgan fingerprint density at radius 3 is 2.50 bits per heavy atom. The van der Waals surface area contributed by atoms with Gasteiger partial charge in [-0.1, -0.05) is 60.8 Å². The summed E-state index contributed by atoms with van der Waals surface area (Å²) in [5.41, 5.74) is 3.54. The fourth-order valence-corrected chi connectivity index (χ4v) is 5.46. The normalized spacial score (nSPS) is 17.3. The van der Waals surface area contributed by atoms with Crippen LogP contribution >= 0.6 is 0 Å². The van der Waals surface area contributed by atoms with Crippen LogP contribution in [-0.4, -0.2) is 28.0 Å². The molecule has 2 atom stereocenters. The van der Waals surface area contributed by atoms with E-state index in [1.807, 2.05) is 25.1 Å². The van der Waals surface area contributed by atoms with Crippen molar-refractivity contribution in [3.63, 3.8) is 0 Å². The molecule has 7 nitrogen and oxygen atoms in total. The molecule has 196 valence electrons. The zero-order valence-electron chi connectivity index (χ0n) is 21.8. The largest absolute Gasteiger partial charge is 0.351 e. The molecule has 1 aromatic carbocycles. The molecule has 0 saturated heterocycles. The molecule has 0 bridgehead atoms. The zero-order valence-corrected chi connectivity index (χ0v) is 21.8. The van der Waals surface area contributed by atoms with Gasteiger partial charge in [0.2, 0.25) is 11.7 Å². The molecule has 1 saturated carbocycles. The van der Waals surface area contributed by atoms with E-state index >= 15 is 0 Å². The van der Waals surface area contributed by atoms with Gasteiger partial charge in [-0.05, 0) is 67.9 Å². The summed E-state index contributed by atoms with van der Waals surface area (Å²) in [4.78, 5) is 33.6.